The molecule has 1 saturated heterocycles. The third kappa shape index (κ3) is 6.60. The molecule has 0 spiro atoms. The Kier molecular flexibility index (Phi) is 9.38. The second-order valence-corrected chi connectivity index (χ2v) is 10.4. The molecule has 0 bridgehead atoms. The lowest BCUT2D eigenvalue weighted by molar-refractivity contribution is 0.0827. The highest BCUT2D eigenvalue weighted by Gasteiger charge is 2.19. The van der Waals surface area contributed by atoms with Crippen molar-refractivity contribution in [3.05, 3.63) is 68.9 Å². The molecular formula is C29H38N6O5. The van der Waals surface area contributed by atoms with Crippen molar-refractivity contribution < 1.29 is 14.3 Å². The molecule has 11 heteroatoms. The number of nitrogens with zero attached hydrogens (tertiary/aromatic N) is 4. The maximum absolute atomic E-state index is 13.5. The first-order chi connectivity index (χ1) is 19.2. The zero-order chi connectivity index (χ0) is 28.8. The summed E-state index contributed by atoms with van der Waals surface area (Å²) in [6.07, 6.45) is 3.52. The Bertz CT molecular complexity index is 1490. The molecular weight excluding hydrogens is 512 g/mol. The Morgan fingerprint density at radius 3 is 2.35 bits per heavy atom. The monoisotopic (exact) mass is 550 g/mol. The van der Waals surface area contributed by atoms with Crippen molar-refractivity contribution in [1.29, 1.82) is 0 Å². The molecule has 214 valence electrons. The molecule has 11 nitrogen and oxygen atoms in total. The molecule has 1 atom stereocenters. The summed E-state index contributed by atoms with van der Waals surface area (Å²) in [6.45, 7) is 5.15. The van der Waals surface area contributed by atoms with Crippen LogP contribution in [0.1, 0.15) is 42.6 Å². The second-order valence-electron chi connectivity index (χ2n) is 10.4. The topological polar surface area (TPSA) is 118 Å². The van der Waals surface area contributed by atoms with E-state index in [1.807, 2.05) is 0 Å². The van der Waals surface area contributed by atoms with Crippen molar-refractivity contribution in [2.75, 3.05) is 58.1 Å². The number of rotatable bonds is 9. The number of benzene rings is 2. The molecule has 2 heterocycles. The molecule has 1 aliphatic heterocycles. The van der Waals surface area contributed by atoms with E-state index >= 15 is 0 Å². The van der Waals surface area contributed by atoms with Gasteiger partial charge in [-0.3, -0.25) is 18.7 Å². The fourth-order valence-electron chi connectivity index (χ4n) is 5.10. The predicted octanol–water partition coefficient (Wildman–Crippen LogP) is 3.20. The molecule has 0 radical (unpaired) electrons. The van der Waals surface area contributed by atoms with E-state index in [9.17, 15) is 19.2 Å². The first-order valence-corrected chi connectivity index (χ1v) is 13.6. The number of urea groups is 1. The minimum Gasteiger partial charge on any atom is -0.383 e. The van der Waals surface area contributed by atoms with E-state index in [4.69, 9.17) is 4.74 Å². The van der Waals surface area contributed by atoms with Gasteiger partial charge in [-0.25, -0.2) is 9.59 Å². The fourth-order valence-corrected chi connectivity index (χ4v) is 5.10. The van der Waals surface area contributed by atoms with Crippen molar-refractivity contribution in [1.82, 2.24) is 18.9 Å². The normalized spacial score (nSPS) is 14.6. The first-order valence-electron chi connectivity index (χ1n) is 13.6. The first kappa shape index (κ1) is 29.0. The number of hydrogen-bond donors (Lipinski definition) is 2. The number of fused-ring (bicyclic) bond motifs is 1. The zero-order valence-electron chi connectivity index (χ0n) is 23.6. The number of likely N-dealkylation sites (tertiary alicyclic amines) is 1. The lowest BCUT2D eigenvalue weighted by Gasteiger charge is -2.27. The van der Waals surface area contributed by atoms with Crippen molar-refractivity contribution in [2.45, 2.75) is 38.8 Å². The summed E-state index contributed by atoms with van der Waals surface area (Å²) in [5.41, 5.74) is 1.01. The second kappa shape index (κ2) is 12.9. The number of anilines is 2. The van der Waals surface area contributed by atoms with Crippen LogP contribution in [0.25, 0.3) is 10.9 Å². The Hall–Kier alpha value is -3.96. The number of hydrogen-bond acceptors (Lipinski definition) is 6. The molecule has 4 rings (SSSR count). The summed E-state index contributed by atoms with van der Waals surface area (Å²) >= 11 is 0. The van der Waals surface area contributed by atoms with E-state index in [1.54, 1.807) is 68.1 Å². The number of nitrogens with one attached hydrogen (secondary N) is 2. The highest BCUT2D eigenvalue weighted by molar-refractivity contribution is 6.02. The molecule has 0 aliphatic carbocycles. The highest BCUT2D eigenvalue weighted by atomic mass is 16.5. The maximum atomic E-state index is 13.5. The molecule has 3 amide bonds. The van der Waals surface area contributed by atoms with Crippen LogP contribution in [0.2, 0.25) is 0 Å². The van der Waals surface area contributed by atoms with Crippen molar-refractivity contribution in [3.63, 3.8) is 0 Å². The third-order valence-corrected chi connectivity index (χ3v) is 7.14. The van der Waals surface area contributed by atoms with E-state index in [1.165, 1.54) is 23.0 Å². The van der Waals surface area contributed by atoms with Gasteiger partial charge in [0.15, 0.2) is 0 Å². The van der Waals surface area contributed by atoms with Crippen LogP contribution in [0.4, 0.5) is 16.2 Å². The number of piperidine rings is 1. The highest BCUT2D eigenvalue weighted by Crippen LogP contribution is 2.18. The molecule has 40 heavy (non-hydrogen) atoms. The van der Waals surface area contributed by atoms with Gasteiger partial charge in [0.25, 0.3) is 11.5 Å². The van der Waals surface area contributed by atoms with Crippen molar-refractivity contribution in [3.8, 4) is 0 Å². The van der Waals surface area contributed by atoms with E-state index in [0.717, 1.165) is 25.9 Å². The number of carbonyl (C=O) groups excluding carboxylic acids is 2. The number of aromatic nitrogens is 2. The van der Waals surface area contributed by atoms with Crippen LogP contribution < -0.4 is 21.9 Å². The summed E-state index contributed by atoms with van der Waals surface area (Å²) in [4.78, 5) is 55.9. The number of methoxy groups -OCH3 is 1. The van der Waals surface area contributed by atoms with Crippen LogP contribution in [-0.4, -0.2) is 78.3 Å². The van der Waals surface area contributed by atoms with Crippen LogP contribution in [0, 0.1) is 0 Å². The molecule has 1 fully saturated rings. The average Bonchev–Trinajstić information content (AvgIpc) is 2.93. The minimum atomic E-state index is -0.528. The fraction of sp³-hybridized carbons (Fsp3) is 0.448. The minimum absolute atomic E-state index is 0.177. The van der Waals surface area contributed by atoms with E-state index in [0.29, 0.717) is 40.9 Å². The Morgan fingerprint density at radius 1 is 0.975 bits per heavy atom. The van der Waals surface area contributed by atoms with E-state index in [2.05, 4.69) is 15.5 Å². The van der Waals surface area contributed by atoms with Gasteiger partial charge in [0.05, 0.1) is 23.6 Å². The quantitative estimate of drug-likeness (QED) is 0.423. The molecule has 1 aliphatic rings. The molecule has 0 saturated carbocycles. The summed E-state index contributed by atoms with van der Waals surface area (Å²) < 4.78 is 8.12. The number of carbonyl (C=O) groups is 2. The summed E-state index contributed by atoms with van der Waals surface area (Å²) in [5, 5.41) is 5.82. The van der Waals surface area contributed by atoms with Gasteiger partial charge in [-0.1, -0.05) is 12.5 Å². The largest absolute Gasteiger partial charge is 0.383 e. The Morgan fingerprint density at radius 2 is 1.68 bits per heavy atom. The molecule has 2 N–H and O–H groups in total. The standard InChI is InChI=1S/C29H38N6O5/c1-20(19-40-4)35-27(37)24-18-23(31-28(38)30-22-10-8-9-21(17-22)26(36)32(2)3)11-12-25(24)34(29(35)39)16-15-33-13-6-5-7-14-33/h8-12,17-18,20H,5-7,13-16,19H2,1-4H3,(H2,30,31,38). The van der Waals surface area contributed by atoms with Gasteiger partial charge >= 0.3 is 11.7 Å². The van der Waals surface area contributed by atoms with Gasteiger partial charge in [-0.2, -0.15) is 0 Å². The Balaban J connectivity index is 1.63. The smallest absolute Gasteiger partial charge is 0.331 e. The zero-order valence-corrected chi connectivity index (χ0v) is 23.6. The van der Waals surface area contributed by atoms with Crippen molar-refractivity contribution >= 4 is 34.2 Å². The van der Waals surface area contributed by atoms with E-state index < -0.39 is 17.6 Å². The van der Waals surface area contributed by atoms with Gasteiger partial charge in [0, 0.05) is 51.2 Å². The van der Waals surface area contributed by atoms with Crippen LogP contribution >= 0.6 is 0 Å². The van der Waals surface area contributed by atoms with Crippen LogP contribution in [-0.2, 0) is 11.3 Å². The number of ether oxygens (including phenoxy) is 1. The van der Waals surface area contributed by atoms with Crippen LogP contribution in [0.3, 0.4) is 0 Å². The molecule has 2 aromatic carbocycles. The summed E-state index contributed by atoms with van der Waals surface area (Å²) in [7, 11) is 4.85. The SMILES string of the molecule is COCC(C)n1c(=O)c2cc(NC(=O)Nc3cccc(C(=O)N(C)C)c3)ccc2n(CCN2CCCCC2)c1=O. The van der Waals surface area contributed by atoms with E-state index in [-0.39, 0.29) is 18.2 Å². The maximum Gasteiger partial charge on any atom is 0.331 e. The van der Waals surface area contributed by atoms with Crippen LogP contribution in [0.15, 0.2) is 52.1 Å². The average molecular weight is 551 g/mol. The molecule has 1 aromatic heterocycles. The van der Waals surface area contributed by atoms with Gasteiger partial charge in [-0.05, 0) is 69.3 Å². The molecule has 1 unspecified atom stereocenters. The predicted molar refractivity (Wildman–Crippen MR) is 156 cm³/mol. The Labute approximate surface area is 233 Å². The summed E-state index contributed by atoms with van der Waals surface area (Å²) in [5.74, 6) is -0.177. The van der Waals surface area contributed by atoms with Gasteiger partial charge in [0.1, 0.15) is 0 Å². The summed E-state index contributed by atoms with van der Waals surface area (Å²) in [6, 6.07) is 10.6. The van der Waals surface area contributed by atoms with Crippen molar-refractivity contribution in [2.24, 2.45) is 0 Å². The van der Waals surface area contributed by atoms with Gasteiger partial charge in [-0.15, -0.1) is 0 Å². The van der Waals surface area contributed by atoms with Gasteiger partial charge < -0.3 is 25.2 Å². The molecule has 3 aromatic rings. The lowest BCUT2D eigenvalue weighted by Crippen LogP contribution is -2.44. The van der Waals surface area contributed by atoms with Gasteiger partial charge in [0.2, 0.25) is 0 Å². The van der Waals surface area contributed by atoms with Crippen LogP contribution in [0.5, 0.6) is 0 Å². The number of amides is 3. The lowest BCUT2D eigenvalue weighted by atomic mass is 10.1. The third-order valence-electron chi connectivity index (χ3n) is 7.14.